The highest BCUT2D eigenvalue weighted by Gasteiger charge is 2.10. The van der Waals surface area contributed by atoms with Crippen molar-refractivity contribution in [3.63, 3.8) is 0 Å². The van der Waals surface area contributed by atoms with E-state index in [1.807, 2.05) is 13.8 Å². The molecule has 23 heavy (non-hydrogen) atoms. The number of aromatic nitrogens is 4. The molecule has 2 heterocycles. The predicted octanol–water partition coefficient (Wildman–Crippen LogP) is 1.64. The van der Waals surface area contributed by atoms with Gasteiger partial charge in [-0.15, -0.1) is 0 Å². The highest BCUT2D eigenvalue weighted by molar-refractivity contribution is 6.30. The summed E-state index contributed by atoms with van der Waals surface area (Å²) in [5, 5.41) is 7.39. The Morgan fingerprint density at radius 3 is 2.91 bits per heavy atom. The molecule has 0 bridgehead atoms. The van der Waals surface area contributed by atoms with Crippen molar-refractivity contribution in [1.82, 2.24) is 25.1 Å². The Balaban J connectivity index is 1.87. The fourth-order valence-corrected chi connectivity index (χ4v) is 2.32. The van der Waals surface area contributed by atoms with Crippen LogP contribution < -0.4 is 11.0 Å². The maximum atomic E-state index is 12.1. The van der Waals surface area contributed by atoms with Crippen LogP contribution in [0.4, 0.5) is 0 Å². The van der Waals surface area contributed by atoms with Crippen LogP contribution in [0.25, 0.3) is 0 Å². The van der Waals surface area contributed by atoms with Gasteiger partial charge in [0, 0.05) is 25.0 Å². The monoisotopic (exact) mass is 337 g/mol. The lowest BCUT2D eigenvalue weighted by molar-refractivity contribution is 0.0947. The summed E-state index contributed by atoms with van der Waals surface area (Å²) in [6, 6.07) is 1.63. The van der Waals surface area contributed by atoms with E-state index in [0.717, 1.165) is 5.69 Å². The molecule has 2 N–H and O–H groups in total. The number of rotatable bonds is 7. The van der Waals surface area contributed by atoms with Gasteiger partial charge in [0.05, 0.1) is 11.2 Å². The second kappa shape index (κ2) is 7.92. The lowest BCUT2D eigenvalue weighted by Crippen LogP contribution is -2.29. The summed E-state index contributed by atoms with van der Waals surface area (Å²) in [5.74, 6) is 0.0319. The molecule has 0 unspecified atom stereocenters. The molecule has 0 spiro atoms. The molecular formula is C15H20ClN5O2. The molecule has 0 fully saturated rings. The highest BCUT2D eigenvalue weighted by atomic mass is 35.5. The first-order chi connectivity index (χ1) is 10.9. The van der Waals surface area contributed by atoms with Crippen LogP contribution in [-0.4, -0.2) is 32.2 Å². The molecule has 2 aromatic rings. The smallest absolute Gasteiger partial charge is 0.345 e. The third-order valence-corrected chi connectivity index (χ3v) is 3.31. The standard InChI is InChI=1S/C15H20ClN5O2/c1-10(2)6-12-7-13(20-15(23)19-12)14(22)17-4-3-5-21-9-11(16)8-18-21/h7-10H,3-6H2,1-2H3,(H,17,22)(H,19,20,23). The van der Waals surface area contributed by atoms with Crippen LogP contribution in [0, 0.1) is 5.92 Å². The number of H-pyrrole nitrogens is 1. The molecule has 124 valence electrons. The second-order valence-electron chi connectivity index (χ2n) is 5.73. The van der Waals surface area contributed by atoms with E-state index in [2.05, 4.69) is 20.4 Å². The summed E-state index contributed by atoms with van der Waals surface area (Å²) in [4.78, 5) is 30.0. The first-order valence-electron chi connectivity index (χ1n) is 7.50. The number of carbonyl (C=O) groups is 1. The second-order valence-corrected chi connectivity index (χ2v) is 6.16. The molecule has 0 aromatic carbocycles. The van der Waals surface area contributed by atoms with Crippen molar-refractivity contribution in [2.24, 2.45) is 5.92 Å². The quantitative estimate of drug-likeness (QED) is 0.751. The zero-order valence-electron chi connectivity index (χ0n) is 13.2. The van der Waals surface area contributed by atoms with Crippen LogP contribution in [0.1, 0.15) is 36.5 Å². The van der Waals surface area contributed by atoms with Gasteiger partial charge in [0.2, 0.25) is 0 Å². The molecule has 7 nitrogen and oxygen atoms in total. The normalized spacial score (nSPS) is 11.0. The van der Waals surface area contributed by atoms with Gasteiger partial charge in [0.15, 0.2) is 0 Å². The van der Waals surface area contributed by atoms with Crippen LogP contribution in [0.3, 0.4) is 0 Å². The minimum absolute atomic E-state index is 0.145. The van der Waals surface area contributed by atoms with Gasteiger partial charge in [-0.3, -0.25) is 9.48 Å². The van der Waals surface area contributed by atoms with E-state index in [9.17, 15) is 9.59 Å². The topological polar surface area (TPSA) is 92.7 Å². The first-order valence-corrected chi connectivity index (χ1v) is 7.88. The Morgan fingerprint density at radius 2 is 2.26 bits per heavy atom. The number of aromatic amines is 1. The lowest BCUT2D eigenvalue weighted by atomic mass is 10.1. The molecule has 0 radical (unpaired) electrons. The molecule has 0 atom stereocenters. The number of nitrogens with zero attached hydrogens (tertiary/aromatic N) is 3. The Morgan fingerprint density at radius 1 is 1.48 bits per heavy atom. The fourth-order valence-electron chi connectivity index (χ4n) is 2.17. The number of amides is 1. The van der Waals surface area contributed by atoms with E-state index < -0.39 is 5.69 Å². The first kappa shape index (κ1) is 17.2. The van der Waals surface area contributed by atoms with Gasteiger partial charge in [0.25, 0.3) is 5.91 Å². The molecule has 0 aliphatic heterocycles. The van der Waals surface area contributed by atoms with Crippen molar-refractivity contribution in [3.8, 4) is 0 Å². The third-order valence-electron chi connectivity index (χ3n) is 3.11. The van der Waals surface area contributed by atoms with E-state index in [-0.39, 0.29) is 11.6 Å². The van der Waals surface area contributed by atoms with E-state index >= 15 is 0 Å². The molecule has 2 rings (SSSR count). The molecule has 0 aliphatic rings. The van der Waals surface area contributed by atoms with Gasteiger partial charge in [0.1, 0.15) is 5.69 Å². The Labute approximate surface area is 139 Å². The van der Waals surface area contributed by atoms with Crippen molar-refractivity contribution >= 4 is 17.5 Å². The van der Waals surface area contributed by atoms with E-state index in [1.165, 1.54) is 0 Å². The largest absolute Gasteiger partial charge is 0.351 e. The summed E-state index contributed by atoms with van der Waals surface area (Å²) in [6.07, 6.45) is 4.68. The predicted molar refractivity (Wildman–Crippen MR) is 87.6 cm³/mol. The van der Waals surface area contributed by atoms with Crippen LogP contribution in [-0.2, 0) is 13.0 Å². The van der Waals surface area contributed by atoms with Crippen molar-refractivity contribution < 1.29 is 4.79 Å². The van der Waals surface area contributed by atoms with Gasteiger partial charge >= 0.3 is 5.69 Å². The molecule has 0 aliphatic carbocycles. The molecule has 0 saturated heterocycles. The van der Waals surface area contributed by atoms with Crippen LogP contribution in [0.5, 0.6) is 0 Å². The Hall–Kier alpha value is -2.15. The summed E-state index contributed by atoms with van der Waals surface area (Å²) in [6.45, 7) is 5.19. The zero-order chi connectivity index (χ0) is 16.8. The summed E-state index contributed by atoms with van der Waals surface area (Å²) in [7, 11) is 0. The van der Waals surface area contributed by atoms with E-state index in [1.54, 1.807) is 23.1 Å². The van der Waals surface area contributed by atoms with Gasteiger partial charge in [-0.1, -0.05) is 25.4 Å². The van der Waals surface area contributed by atoms with Crippen molar-refractivity contribution in [3.05, 3.63) is 45.4 Å². The molecule has 0 saturated carbocycles. The van der Waals surface area contributed by atoms with Crippen LogP contribution >= 0.6 is 11.6 Å². The number of hydrogen-bond acceptors (Lipinski definition) is 4. The molecule has 2 aromatic heterocycles. The van der Waals surface area contributed by atoms with Gasteiger partial charge in [-0.05, 0) is 24.8 Å². The van der Waals surface area contributed by atoms with E-state index in [0.29, 0.717) is 36.9 Å². The van der Waals surface area contributed by atoms with Crippen LogP contribution in [0.2, 0.25) is 5.02 Å². The summed E-state index contributed by atoms with van der Waals surface area (Å²) < 4.78 is 1.71. The number of carbonyl (C=O) groups excluding carboxylic acids is 1. The lowest BCUT2D eigenvalue weighted by Gasteiger charge is -2.07. The minimum Gasteiger partial charge on any atom is -0.351 e. The average molecular weight is 338 g/mol. The number of aryl methyl sites for hydroxylation is 1. The fraction of sp³-hybridized carbons (Fsp3) is 0.467. The van der Waals surface area contributed by atoms with Crippen molar-refractivity contribution in [1.29, 1.82) is 0 Å². The number of hydrogen-bond donors (Lipinski definition) is 2. The molecular weight excluding hydrogens is 318 g/mol. The SMILES string of the molecule is CC(C)Cc1cc(C(=O)NCCCn2cc(Cl)cn2)nc(=O)[nH]1. The highest BCUT2D eigenvalue weighted by Crippen LogP contribution is 2.06. The van der Waals surface area contributed by atoms with E-state index in [4.69, 9.17) is 11.6 Å². The minimum atomic E-state index is -0.500. The maximum Gasteiger partial charge on any atom is 0.345 e. The van der Waals surface area contributed by atoms with Crippen molar-refractivity contribution in [2.45, 2.75) is 33.2 Å². The van der Waals surface area contributed by atoms with Crippen LogP contribution in [0.15, 0.2) is 23.3 Å². The summed E-state index contributed by atoms with van der Waals surface area (Å²) >= 11 is 5.78. The van der Waals surface area contributed by atoms with Gasteiger partial charge in [-0.2, -0.15) is 10.1 Å². The molecule has 8 heteroatoms. The third kappa shape index (κ3) is 5.52. The molecule has 1 amide bonds. The zero-order valence-corrected chi connectivity index (χ0v) is 13.9. The van der Waals surface area contributed by atoms with Gasteiger partial charge in [-0.25, -0.2) is 4.79 Å². The average Bonchev–Trinajstić information content (AvgIpc) is 2.87. The maximum absolute atomic E-state index is 12.1. The number of halogens is 1. The number of nitrogens with one attached hydrogen (secondary N) is 2. The van der Waals surface area contributed by atoms with Crippen molar-refractivity contribution in [2.75, 3.05) is 6.54 Å². The Bertz CT molecular complexity index is 723. The summed E-state index contributed by atoms with van der Waals surface area (Å²) in [5.41, 5.74) is 0.363. The van der Waals surface area contributed by atoms with Gasteiger partial charge < -0.3 is 10.3 Å². The Kier molecular flexibility index (Phi) is 5.92.